The number of hydrogen-bond acceptors (Lipinski definition) is 15. The van der Waals surface area contributed by atoms with Gasteiger partial charge in [-0.3, -0.25) is 9.59 Å². The summed E-state index contributed by atoms with van der Waals surface area (Å²) >= 11 is 0. The van der Waals surface area contributed by atoms with E-state index in [9.17, 15) is 45.3 Å². The van der Waals surface area contributed by atoms with Gasteiger partial charge in [-0.25, -0.2) is 0 Å². The highest BCUT2D eigenvalue weighted by Crippen LogP contribution is 2.26. The molecular formula is C57H98O15. The van der Waals surface area contributed by atoms with Gasteiger partial charge in [0.2, 0.25) is 0 Å². The van der Waals surface area contributed by atoms with E-state index in [4.69, 9.17) is 28.4 Å². The molecule has 2 heterocycles. The molecular weight excluding hydrogens is 925 g/mol. The lowest BCUT2D eigenvalue weighted by atomic mass is 9.98. The standard InChI is InChI=1S/C57H98O15/c1-3-5-7-9-11-13-15-17-19-21-22-24-26-28-30-32-34-36-38-40-49(60)70-45(42-67-48(59)39-37-35-33-31-29-27-25-23-20-18-16-14-12-10-8-6-4-2)43-68-56-55(66)53(64)51(62)47(72-56)44-69-57-54(65)52(63)50(61)46(41-58)71-57/h6,8,12,14,18,20,25,27,31,33,45-47,50-58,61-66H,3-5,7,9-11,13,15-17,19,21-24,26,28-30,32,34-44H2,1-2H3/b8-6+,14-12+,20-18+,27-25+,33-31+/t45-,46+,47+,50-,51-,52?,53?,54?,55?,56+,57+/m1/s1. The number of carbonyl (C=O) groups is 2. The molecule has 0 radical (unpaired) electrons. The summed E-state index contributed by atoms with van der Waals surface area (Å²) in [4.78, 5) is 25.8. The van der Waals surface area contributed by atoms with Gasteiger partial charge in [-0.1, -0.05) is 190 Å². The van der Waals surface area contributed by atoms with Crippen LogP contribution in [0.4, 0.5) is 0 Å². The van der Waals surface area contributed by atoms with Crippen molar-refractivity contribution in [1.29, 1.82) is 0 Å². The SMILES string of the molecule is CC/C=C/C/C=C/C/C=C/C/C=C/C/C=C/CCCC(=O)OC[C@H](CO[C@H]1O[C@@H](CO[C@H]2O[C@@H](CO)[C@@H](O)C(O)C2O)[C@@H](O)C(O)C1O)OC(=O)CCCCCCCCCCCCCCCCCCCCC. The molecule has 0 aromatic heterocycles. The summed E-state index contributed by atoms with van der Waals surface area (Å²) in [5, 5.41) is 72.2. The molecule has 4 unspecified atom stereocenters. The second kappa shape index (κ2) is 43.4. The lowest BCUT2D eigenvalue weighted by Gasteiger charge is -2.42. The Bertz CT molecular complexity index is 1480. The van der Waals surface area contributed by atoms with E-state index < -0.39 is 99.3 Å². The van der Waals surface area contributed by atoms with Gasteiger partial charge in [-0.05, 0) is 51.4 Å². The maximum Gasteiger partial charge on any atom is 0.306 e. The number of unbranched alkanes of at least 4 members (excludes halogenated alkanes) is 19. The molecule has 416 valence electrons. The third kappa shape index (κ3) is 30.5. The van der Waals surface area contributed by atoms with Crippen LogP contribution in [0.25, 0.3) is 0 Å². The van der Waals surface area contributed by atoms with E-state index in [1.54, 1.807) is 0 Å². The summed E-state index contributed by atoms with van der Waals surface area (Å²) in [5.74, 6) is -0.989. The number of carbonyl (C=O) groups excluding carboxylic acids is 2. The molecule has 0 bridgehead atoms. The lowest BCUT2D eigenvalue weighted by Crippen LogP contribution is -2.61. The maximum atomic E-state index is 13.0. The highest BCUT2D eigenvalue weighted by molar-refractivity contribution is 5.70. The molecule has 0 spiro atoms. The summed E-state index contributed by atoms with van der Waals surface area (Å²) in [7, 11) is 0. The van der Waals surface area contributed by atoms with Crippen LogP contribution in [0.15, 0.2) is 60.8 Å². The second-order valence-corrected chi connectivity index (χ2v) is 19.4. The van der Waals surface area contributed by atoms with E-state index in [1.807, 2.05) is 6.08 Å². The van der Waals surface area contributed by atoms with Gasteiger partial charge in [0.25, 0.3) is 0 Å². The zero-order chi connectivity index (χ0) is 52.4. The van der Waals surface area contributed by atoms with E-state index in [-0.39, 0.29) is 19.4 Å². The molecule has 2 rings (SSSR count). The highest BCUT2D eigenvalue weighted by Gasteiger charge is 2.47. The molecule has 7 N–H and O–H groups in total. The van der Waals surface area contributed by atoms with Crippen molar-refractivity contribution in [2.24, 2.45) is 0 Å². The van der Waals surface area contributed by atoms with Crippen molar-refractivity contribution >= 4 is 11.9 Å². The van der Waals surface area contributed by atoms with Gasteiger partial charge < -0.3 is 64.2 Å². The van der Waals surface area contributed by atoms with Crippen LogP contribution in [0.5, 0.6) is 0 Å². The minimum Gasteiger partial charge on any atom is -0.462 e. The van der Waals surface area contributed by atoms with Gasteiger partial charge >= 0.3 is 11.9 Å². The van der Waals surface area contributed by atoms with Crippen molar-refractivity contribution in [2.45, 2.75) is 261 Å². The summed E-state index contributed by atoms with van der Waals surface area (Å²) in [6, 6.07) is 0. The van der Waals surface area contributed by atoms with Crippen LogP contribution in [-0.2, 0) is 38.0 Å². The topological polar surface area (TPSA) is 231 Å². The highest BCUT2D eigenvalue weighted by atomic mass is 16.7. The third-order valence-corrected chi connectivity index (χ3v) is 13.0. The van der Waals surface area contributed by atoms with Gasteiger partial charge in [-0.2, -0.15) is 0 Å². The number of ether oxygens (including phenoxy) is 6. The number of hydrogen-bond donors (Lipinski definition) is 7. The molecule has 72 heavy (non-hydrogen) atoms. The Kier molecular flexibility index (Phi) is 39.4. The van der Waals surface area contributed by atoms with Crippen molar-refractivity contribution in [3.63, 3.8) is 0 Å². The van der Waals surface area contributed by atoms with Gasteiger partial charge in [0.1, 0.15) is 55.4 Å². The van der Waals surface area contributed by atoms with E-state index in [0.29, 0.717) is 19.3 Å². The zero-order valence-corrected chi connectivity index (χ0v) is 44.1. The Morgan fingerprint density at radius 3 is 1.36 bits per heavy atom. The Labute approximate surface area is 432 Å². The van der Waals surface area contributed by atoms with Gasteiger partial charge in [0.05, 0.1) is 19.8 Å². The van der Waals surface area contributed by atoms with Gasteiger partial charge in [0.15, 0.2) is 18.7 Å². The van der Waals surface area contributed by atoms with Gasteiger partial charge in [0, 0.05) is 12.8 Å². The molecule has 2 fully saturated rings. The number of allylic oxidation sites excluding steroid dienone is 10. The van der Waals surface area contributed by atoms with Crippen molar-refractivity contribution < 1.29 is 73.8 Å². The second-order valence-electron chi connectivity index (χ2n) is 19.4. The molecule has 0 aromatic carbocycles. The van der Waals surface area contributed by atoms with Gasteiger partial charge in [-0.15, -0.1) is 0 Å². The van der Waals surface area contributed by atoms with Crippen molar-refractivity contribution in [1.82, 2.24) is 0 Å². The van der Waals surface area contributed by atoms with Crippen LogP contribution in [0, 0.1) is 0 Å². The number of esters is 2. The third-order valence-electron chi connectivity index (χ3n) is 13.0. The first-order valence-corrected chi connectivity index (χ1v) is 27.9. The first-order chi connectivity index (χ1) is 35.0. The summed E-state index contributed by atoms with van der Waals surface area (Å²) < 4.78 is 33.6. The smallest absolute Gasteiger partial charge is 0.306 e. The van der Waals surface area contributed by atoms with Crippen LogP contribution < -0.4 is 0 Å². The zero-order valence-electron chi connectivity index (χ0n) is 44.1. The van der Waals surface area contributed by atoms with Crippen molar-refractivity contribution in [2.75, 3.05) is 26.4 Å². The molecule has 2 aliphatic rings. The number of aliphatic hydroxyl groups excluding tert-OH is 7. The van der Waals surface area contributed by atoms with E-state index in [1.165, 1.54) is 96.3 Å². The Morgan fingerprint density at radius 1 is 0.458 bits per heavy atom. The van der Waals surface area contributed by atoms with Crippen LogP contribution in [0.1, 0.15) is 194 Å². The predicted molar refractivity (Wildman–Crippen MR) is 280 cm³/mol. The number of aliphatic hydroxyl groups is 7. The monoisotopic (exact) mass is 1020 g/mol. The summed E-state index contributed by atoms with van der Waals surface area (Å²) in [6.45, 7) is 2.44. The molecule has 15 heteroatoms. The molecule has 2 saturated heterocycles. The van der Waals surface area contributed by atoms with Crippen LogP contribution in [0.2, 0.25) is 0 Å². The normalized spacial score (nSPS) is 25.5. The molecule has 0 saturated carbocycles. The fourth-order valence-corrected chi connectivity index (χ4v) is 8.49. The minimum atomic E-state index is -1.77. The maximum absolute atomic E-state index is 13.0. The summed E-state index contributed by atoms with van der Waals surface area (Å²) in [6.07, 6.45) is 33.9. The van der Waals surface area contributed by atoms with E-state index in [0.717, 1.165) is 51.4 Å². The van der Waals surface area contributed by atoms with Crippen LogP contribution in [-0.4, -0.2) is 142 Å². The Hall–Kier alpha value is -2.80. The quantitative estimate of drug-likeness (QED) is 0.0172. The van der Waals surface area contributed by atoms with Crippen LogP contribution in [0.3, 0.4) is 0 Å². The lowest BCUT2D eigenvalue weighted by molar-refractivity contribution is -0.332. The molecule has 0 amide bonds. The molecule has 11 atom stereocenters. The van der Waals surface area contributed by atoms with E-state index >= 15 is 0 Å². The molecule has 0 aliphatic carbocycles. The first-order valence-electron chi connectivity index (χ1n) is 27.9. The molecule has 15 nitrogen and oxygen atoms in total. The van der Waals surface area contributed by atoms with Crippen molar-refractivity contribution in [3.05, 3.63) is 60.8 Å². The largest absolute Gasteiger partial charge is 0.462 e. The molecule has 0 aromatic rings. The Morgan fingerprint density at radius 2 is 0.875 bits per heavy atom. The fourth-order valence-electron chi connectivity index (χ4n) is 8.49. The average Bonchev–Trinajstić information content (AvgIpc) is 3.37. The van der Waals surface area contributed by atoms with E-state index in [2.05, 4.69) is 68.5 Å². The Balaban J connectivity index is 1.79. The summed E-state index contributed by atoms with van der Waals surface area (Å²) in [5.41, 5.74) is 0. The molecule has 2 aliphatic heterocycles. The fraction of sp³-hybridized carbons (Fsp3) is 0.789. The first kappa shape index (κ1) is 65.3. The van der Waals surface area contributed by atoms with Crippen molar-refractivity contribution in [3.8, 4) is 0 Å². The predicted octanol–water partition coefficient (Wildman–Crippen LogP) is 8.83. The number of rotatable bonds is 43. The minimum absolute atomic E-state index is 0.139. The van der Waals surface area contributed by atoms with Crippen LogP contribution >= 0.6 is 0 Å². The average molecular weight is 1020 g/mol.